The van der Waals surface area contributed by atoms with E-state index in [1.807, 2.05) is 23.6 Å². The maximum Gasteiger partial charge on any atom is 0.212 e. The number of nitrogens with two attached hydrogens (primary N) is 2. The van der Waals surface area contributed by atoms with Crippen LogP contribution < -0.4 is 16.8 Å². The van der Waals surface area contributed by atoms with E-state index in [4.69, 9.17) is 23.1 Å². The van der Waals surface area contributed by atoms with Crippen molar-refractivity contribution in [3.8, 4) is 11.3 Å². The summed E-state index contributed by atoms with van der Waals surface area (Å²) >= 11 is 7.54. The summed E-state index contributed by atoms with van der Waals surface area (Å²) in [6.07, 6.45) is 2.65. The first kappa shape index (κ1) is 16.3. The number of benzene rings is 1. The highest BCUT2D eigenvalue weighted by molar-refractivity contribution is 7.13. The van der Waals surface area contributed by atoms with Gasteiger partial charge in [0, 0.05) is 17.5 Å². The van der Waals surface area contributed by atoms with E-state index in [0.717, 1.165) is 29.9 Å². The average Bonchev–Trinajstić information content (AvgIpc) is 2.93. The number of aromatic nitrogens is 1. The maximum atomic E-state index is 6.17. The number of aliphatic imine (C=N–C) groups is 2. The molecule has 0 unspecified atom stereocenters. The van der Waals surface area contributed by atoms with Crippen LogP contribution in [0.1, 0.15) is 13.3 Å². The van der Waals surface area contributed by atoms with E-state index in [9.17, 15) is 0 Å². The summed E-state index contributed by atoms with van der Waals surface area (Å²) in [5.41, 5.74) is 13.2. The normalized spacial score (nSPS) is 10.8. The Bertz CT molecular complexity index is 690. The molecule has 0 bridgehead atoms. The predicted octanol–water partition coefficient (Wildman–Crippen LogP) is 3.22. The third-order valence-corrected chi connectivity index (χ3v) is 3.71. The second-order valence-electron chi connectivity index (χ2n) is 4.43. The number of nitrogens with zero attached hydrogens (tertiary/aromatic N) is 3. The molecule has 0 atom stereocenters. The van der Waals surface area contributed by atoms with E-state index in [0.29, 0.717) is 10.2 Å². The van der Waals surface area contributed by atoms with Gasteiger partial charge in [0.25, 0.3) is 0 Å². The lowest BCUT2D eigenvalue weighted by molar-refractivity contribution is 0.936. The average molecular weight is 337 g/mol. The molecule has 0 aliphatic rings. The lowest BCUT2D eigenvalue weighted by atomic mass is 10.1. The summed E-state index contributed by atoms with van der Waals surface area (Å²) in [7, 11) is 0. The van der Waals surface area contributed by atoms with E-state index in [2.05, 4.69) is 27.2 Å². The van der Waals surface area contributed by atoms with E-state index >= 15 is 0 Å². The van der Waals surface area contributed by atoms with Crippen LogP contribution in [0.2, 0.25) is 5.02 Å². The van der Waals surface area contributed by atoms with Crippen molar-refractivity contribution in [2.75, 3.05) is 11.9 Å². The monoisotopic (exact) mass is 336 g/mol. The lowest BCUT2D eigenvalue weighted by Gasteiger charge is -2.05. The third-order valence-electron chi connectivity index (χ3n) is 2.64. The SMILES string of the molecule is CCCN=CNc1cc(-c2csc(N=C(N)N)n2)ccc1Cl. The Labute approximate surface area is 137 Å². The highest BCUT2D eigenvalue weighted by Gasteiger charge is 2.07. The standard InChI is InChI=1S/C14H17ClN6S/c1-2-5-18-8-19-11-6-9(3-4-10(11)15)12-7-22-14(20-12)21-13(16)17/h3-4,6-8H,2,5H2,1H3,(H,18,19)(H4,16,17,20,21). The Kier molecular flexibility index (Phi) is 5.74. The molecule has 0 aliphatic carbocycles. The number of guanidine groups is 1. The van der Waals surface area contributed by atoms with E-state index in [-0.39, 0.29) is 5.96 Å². The Balaban J connectivity index is 2.21. The highest BCUT2D eigenvalue weighted by Crippen LogP contribution is 2.31. The minimum atomic E-state index is -0.00787. The molecule has 22 heavy (non-hydrogen) atoms. The molecule has 0 saturated heterocycles. The fourth-order valence-electron chi connectivity index (χ4n) is 1.66. The summed E-state index contributed by atoms with van der Waals surface area (Å²) in [5, 5.41) is 6.10. The summed E-state index contributed by atoms with van der Waals surface area (Å²) in [4.78, 5) is 12.5. The van der Waals surface area contributed by atoms with Gasteiger partial charge in [-0.2, -0.15) is 4.99 Å². The van der Waals surface area contributed by atoms with Crippen molar-refractivity contribution >= 4 is 46.1 Å². The topological polar surface area (TPSA) is 102 Å². The zero-order valence-corrected chi connectivity index (χ0v) is 13.7. The van der Waals surface area contributed by atoms with Gasteiger partial charge >= 0.3 is 0 Å². The minimum Gasteiger partial charge on any atom is -0.370 e. The van der Waals surface area contributed by atoms with Crippen molar-refractivity contribution in [1.82, 2.24) is 4.98 Å². The van der Waals surface area contributed by atoms with E-state index in [1.165, 1.54) is 11.3 Å². The lowest BCUT2D eigenvalue weighted by Crippen LogP contribution is -2.21. The van der Waals surface area contributed by atoms with E-state index < -0.39 is 0 Å². The number of nitrogens with one attached hydrogen (secondary N) is 1. The zero-order chi connectivity index (χ0) is 15.9. The number of halogens is 1. The minimum absolute atomic E-state index is 0.00787. The molecule has 1 heterocycles. The van der Waals surface area contributed by atoms with Crippen LogP contribution in [0.15, 0.2) is 33.6 Å². The smallest absolute Gasteiger partial charge is 0.212 e. The molecule has 116 valence electrons. The molecule has 2 rings (SSSR count). The van der Waals surface area contributed by atoms with Gasteiger partial charge in [0.1, 0.15) is 0 Å². The van der Waals surface area contributed by atoms with Gasteiger partial charge < -0.3 is 16.8 Å². The van der Waals surface area contributed by atoms with Gasteiger partial charge in [-0.1, -0.05) is 24.6 Å². The van der Waals surface area contributed by atoms with Crippen LogP contribution in [0.5, 0.6) is 0 Å². The fraction of sp³-hybridized carbons (Fsp3) is 0.214. The highest BCUT2D eigenvalue weighted by atomic mass is 35.5. The number of anilines is 1. The number of hydrogen-bond acceptors (Lipinski definition) is 4. The number of thiazole rings is 1. The van der Waals surface area contributed by atoms with Gasteiger partial charge in [0.05, 0.1) is 22.7 Å². The van der Waals surface area contributed by atoms with Gasteiger partial charge in [-0.15, -0.1) is 11.3 Å². The molecule has 6 nitrogen and oxygen atoms in total. The second kappa shape index (κ2) is 7.77. The van der Waals surface area contributed by atoms with Crippen LogP contribution in [-0.4, -0.2) is 23.8 Å². The summed E-state index contributed by atoms with van der Waals surface area (Å²) < 4.78 is 0. The third kappa shape index (κ3) is 4.44. The molecule has 8 heteroatoms. The van der Waals surface area contributed by atoms with Crippen molar-refractivity contribution in [3.63, 3.8) is 0 Å². The first-order chi connectivity index (χ1) is 10.6. The molecule has 0 fully saturated rings. The van der Waals surface area contributed by atoms with Crippen LogP contribution in [0, 0.1) is 0 Å². The zero-order valence-electron chi connectivity index (χ0n) is 12.1. The quantitative estimate of drug-likeness (QED) is 0.556. The molecular weight excluding hydrogens is 320 g/mol. The Morgan fingerprint density at radius 3 is 3.00 bits per heavy atom. The first-order valence-electron chi connectivity index (χ1n) is 6.70. The second-order valence-corrected chi connectivity index (χ2v) is 5.67. The van der Waals surface area contributed by atoms with Gasteiger partial charge in [-0.05, 0) is 18.6 Å². The molecule has 1 aromatic heterocycles. The Hall–Kier alpha value is -2.12. The molecule has 0 saturated carbocycles. The van der Waals surface area contributed by atoms with Gasteiger partial charge in [-0.25, -0.2) is 4.98 Å². The van der Waals surface area contributed by atoms with Crippen LogP contribution in [0.25, 0.3) is 11.3 Å². The summed E-state index contributed by atoms with van der Waals surface area (Å²) in [6, 6.07) is 5.62. The van der Waals surface area contributed by atoms with Crippen LogP contribution in [-0.2, 0) is 0 Å². The molecule has 0 amide bonds. The van der Waals surface area contributed by atoms with Crippen molar-refractivity contribution in [2.45, 2.75) is 13.3 Å². The van der Waals surface area contributed by atoms with Crippen LogP contribution in [0.3, 0.4) is 0 Å². The Morgan fingerprint density at radius 2 is 2.27 bits per heavy atom. The summed E-state index contributed by atoms with van der Waals surface area (Å²) in [6.45, 7) is 2.85. The maximum absolute atomic E-state index is 6.17. The first-order valence-corrected chi connectivity index (χ1v) is 7.96. The molecule has 0 radical (unpaired) electrons. The van der Waals surface area contributed by atoms with Crippen LogP contribution in [0.4, 0.5) is 10.8 Å². The van der Waals surface area contributed by atoms with Crippen molar-refractivity contribution in [2.24, 2.45) is 21.5 Å². The molecule has 5 N–H and O–H groups in total. The van der Waals surface area contributed by atoms with Crippen molar-refractivity contribution in [3.05, 3.63) is 28.6 Å². The molecule has 0 spiro atoms. The predicted molar refractivity (Wildman–Crippen MR) is 95.3 cm³/mol. The molecule has 2 aromatic rings. The van der Waals surface area contributed by atoms with Crippen molar-refractivity contribution in [1.29, 1.82) is 0 Å². The number of rotatable bonds is 6. The molecule has 1 aromatic carbocycles. The summed E-state index contributed by atoms with van der Waals surface area (Å²) in [5.74, 6) is -0.00787. The van der Waals surface area contributed by atoms with Gasteiger partial charge in [0.2, 0.25) is 5.13 Å². The van der Waals surface area contributed by atoms with Crippen LogP contribution >= 0.6 is 22.9 Å². The largest absolute Gasteiger partial charge is 0.370 e. The molecule has 0 aliphatic heterocycles. The van der Waals surface area contributed by atoms with Gasteiger partial charge in [0.15, 0.2) is 5.96 Å². The van der Waals surface area contributed by atoms with Gasteiger partial charge in [-0.3, -0.25) is 4.99 Å². The Morgan fingerprint density at radius 1 is 1.45 bits per heavy atom. The van der Waals surface area contributed by atoms with Crippen molar-refractivity contribution < 1.29 is 0 Å². The van der Waals surface area contributed by atoms with E-state index in [1.54, 1.807) is 6.34 Å². The molecular formula is C14H17ClN6S. The number of hydrogen-bond donors (Lipinski definition) is 3. The fourth-order valence-corrected chi connectivity index (χ4v) is 2.55.